The lowest BCUT2D eigenvalue weighted by molar-refractivity contribution is 0.0955. The first-order valence-corrected chi connectivity index (χ1v) is 6.23. The molecule has 0 bridgehead atoms. The van der Waals surface area contributed by atoms with Gasteiger partial charge in [0, 0.05) is 25.2 Å². The molecule has 0 aliphatic carbocycles. The van der Waals surface area contributed by atoms with Gasteiger partial charge in [-0.15, -0.1) is 0 Å². The maximum atomic E-state index is 10.9. The average molecular weight is 302 g/mol. The van der Waals surface area contributed by atoms with Gasteiger partial charge in [-0.25, -0.2) is 0 Å². The summed E-state index contributed by atoms with van der Waals surface area (Å²) < 4.78 is 0. The zero-order chi connectivity index (χ0) is 14.8. The zero-order valence-electron chi connectivity index (χ0n) is 11.6. The van der Waals surface area contributed by atoms with Gasteiger partial charge in [0.05, 0.1) is 0 Å². The summed E-state index contributed by atoms with van der Waals surface area (Å²) in [5.41, 5.74) is 1.40. The molecule has 2 rings (SSSR count). The summed E-state index contributed by atoms with van der Waals surface area (Å²) >= 11 is 0. The molecule has 0 aromatic heterocycles. The molecule has 0 aliphatic heterocycles. The van der Waals surface area contributed by atoms with Gasteiger partial charge in [-0.2, -0.15) is 0 Å². The number of carbonyl (C=O) groups is 2. The molecule has 5 heteroatoms. The molecular formula is C16H22N2O2Si. The summed E-state index contributed by atoms with van der Waals surface area (Å²) in [7, 11) is 3.24. The molecular weight excluding hydrogens is 280 g/mol. The second kappa shape index (κ2) is 10.4. The Bertz CT molecular complexity index is 493. The third-order valence-corrected chi connectivity index (χ3v) is 2.53. The highest BCUT2D eigenvalue weighted by molar-refractivity contribution is 5.94. The van der Waals surface area contributed by atoms with Crippen LogP contribution in [0, 0.1) is 0 Å². The molecule has 21 heavy (non-hydrogen) atoms. The Labute approximate surface area is 129 Å². The van der Waals surface area contributed by atoms with Crippen LogP contribution in [0.3, 0.4) is 0 Å². The fraction of sp³-hybridized carbons (Fsp3) is 0.125. The van der Waals surface area contributed by atoms with E-state index in [2.05, 4.69) is 10.6 Å². The zero-order valence-corrected chi connectivity index (χ0v) is 11.6. The van der Waals surface area contributed by atoms with E-state index in [9.17, 15) is 9.59 Å². The minimum Gasteiger partial charge on any atom is -0.355 e. The lowest BCUT2D eigenvalue weighted by Gasteiger charge is -1.96. The van der Waals surface area contributed by atoms with E-state index in [1.807, 2.05) is 36.4 Å². The van der Waals surface area contributed by atoms with E-state index in [4.69, 9.17) is 0 Å². The number of nitrogens with one attached hydrogen (secondary N) is 2. The minimum atomic E-state index is -0.0411. The highest BCUT2D eigenvalue weighted by Gasteiger charge is 1.98. The van der Waals surface area contributed by atoms with Crippen molar-refractivity contribution in [2.45, 2.75) is 0 Å². The summed E-state index contributed by atoms with van der Waals surface area (Å²) in [5.74, 6) is -0.0822. The van der Waals surface area contributed by atoms with Gasteiger partial charge in [-0.3, -0.25) is 9.59 Å². The van der Waals surface area contributed by atoms with Crippen molar-refractivity contribution >= 4 is 22.8 Å². The smallest absolute Gasteiger partial charge is 0.251 e. The summed E-state index contributed by atoms with van der Waals surface area (Å²) in [6.45, 7) is 0. The van der Waals surface area contributed by atoms with Crippen molar-refractivity contribution in [3.8, 4) is 0 Å². The van der Waals surface area contributed by atoms with Crippen molar-refractivity contribution in [2.24, 2.45) is 0 Å². The molecule has 0 heterocycles. The summed E-state index contributed by atoms with van der Waals surface area (Å²) in [5, 5.41) is 5.08. The monoisotopic (exact) mass is 302 g/mol. The van der Waals surface area contributed by atoms with E-state index in [1.54, 1.807) is 38.4 Å². The quantitative estimate of drug-likeness (QED) is 0.800. The lowest BCUT2D eigenvalue weighted by atomic mass is 10.2. The standard InChI is InChI=1S/2C8H9NO.H4Si/c2*1-9-8(10)7-5-3-2-4-6-7;/h2*2-6H,1H3,(H,9,10);1H4. The number of carbonyl (C=O) groups excluding carboxylic acids is 2. The third-order valence-electron chi connectivity index (χ3n) is 2.53. The van der Waals surface area contributed by atoms with Crippen LogP contribution in [0.4, 0.5) is 0 Å². The molecule has 0 fully saturated rings. The van der Waals surface area contributed by atoms with Crippen molar-refractivity contribution in [1.82, 2.24) is 10.6 Å². The number of hydrogen-bond acceptors (Lipinski definition) is 2. The van der Waals surface area contributed by atoms with Crippen LogP contribution in [0.2, 0.25) is 0 Å². The first kappa shape index (κ1) is 18.6. The van der Waals surface area contributed by atoms with E-state index in [-0.39, 0.29) is 22.8 Å². The van der Waals surface area contributed by atoms with Gasteiger partial charge >= 0.3 is 0 Å². The molecule has 112 valence electrons. The Balaban J connectivity index is 0.000000364. The van der Waals surface area contributed by atoms with Gasteiger partial charge in [-0.1, -0.05) is 36.4 Å². The molecule has 0 saturated carbocycles. The van der Waals surface area contributed by atoms with E-state index in [0.29, 0.717) is 11.1 Å². The number of rotatable bonds is 2. The molecule has 0 aliphatic rings. The van der Waals surface area contributed by atoms with E-state index in [0.717, 1.165) is 0 Å². The Kier molecular flexibility index (Phi) is 9.20. The first-order valence-electron chi connectivity index (χ1n) is 6.23. The van der Waals surface area contributed by atoms with E-state index < -0.39 is 0 Å². The molecule has 0 spiro atoms. The Morgan fingerprint density at radius 3 is 1.19 bits per heavy atom. The van der Waals surface area contributed by atoms with Crippen LogP contribution in [0.15, 0.2) is 60.7 Å². The van der Waals surface area contributed by atoms with Crippen LogP contribution in [-0.2, 0) is 0 Å². The number of benzene rings is 2. The fourth-order valence-electron chi connectivity index (χ4n) is 1.47. The Morgan fingerprint density at radius 1 is 0.667 bits per heavy atom. The van der Waals surface area contributed by atoms with Gasteiger partial charge in [0.15, 0.2) is 0 Å². The largest absolute Gasteiger partial charge is 0.355 e. The molecule has 2 N–H and O–H groups in total. The normalized spacial score (nSPS) is 8.48. The second-order valence-corrected chi connectivity index (χ2v) is 3.89. The highest BCUT2D eigenvalue weighted by atomic mass is 28.1. The predicted molar refractivity (Wildman–Crippen MR) is 91.0 cm³/mol. The van der Waals surface area contributed by atoms with Crippen LogP contribution in [0.1, 0.15) is 20.7 Å². The Morgan fingerprint density at radius 2 is 0.952 bits per heavy atom. The third kappa shape index (κ3) is 6.53. The molecule has 2 aromatic rings. The van der Waals surface area contributed by atoms with Crippen molar-refractivity contribution < 1.29 is 9.59 Å². The highest BCUT2D eigenvalue weighted by Crippen LogP contribution is 1.97. The number of amides is 2. The molecule has 0 atom stereocenters. The van der Waals surface area contributed by atoms with Crippen LogP contribution in [0.25, 0.3) is 0 Å². The first-order chi connectivity index (χ1) is 9.69. The summed E-state index contributed by atoms with van der Waals surface area (Å²) in [4.78, 5) is 21.8. The molecule has 0 radical (unpaired) electrons. The van der Waals surface area contributed by atoms with Gasteiger partial charge < -0.3 is 10.6 Å². The van der Waals surface area contributed by atoms with Crippen molar-refractivity contribution in [1.29, 1.82) is 0 Å². The van der Waals surface area contributed by atoms with Crippen LogP contribution in [0.5, 0.6) is 0 Å². The van der Waals surface area contributed by atoms with Crippen molar-refractivity contribution in [3.05, 3.63) is 71.8 Å². The number of hydrogen-bond donors (Lipinski definition) is 2. The van der Waals surface area contributed by atoms with Crippen LogP contribution in [-0.4, -0.2) is 36.9 Å². The summed E-state index contributed by atoms with van der Waals surface area (Å²) in [6, 6.07) is 18.2. The minimum absolute atomic E-state index is 0. The van der Waals surface area contributed by atoms with Gasteiger partial charge in [0.25, 0.3) is 11.8 Å². The molecule has 2 aromatic carbocycles. The van der Waals surface area contributed by atoms with Crippen LogP contribution < -0.4 is 10.6 Å². The fourth-order valence-corrected chi connectivity index (χ4v) is 1.47. The SMILES string of the molecule is CNC(=O)c1ccccc1.CNC(=O)c1ccccc1.[SiH4]. The van der Waals surface area contributed by atoms with Gasteiger partial charge in [-0.05, 0) is 35.2 Å². The van der Waals surface area contributed by atoms with Crippen molar-refractivity contribution in [3.63, 3.8) is 0 Å². The van der Waals surface area contributed by atoms with Gasteiger partial charge in [0.1, 0.15) is 0 Å². The van der Waals surface area contributed by atoms with E-state index >= 15 is 0 Å². The predicted octanol–water partition coefficient (Wildman–Crippen LogP) is 0.641. The maximum Gasteiger partial charge on any atom is 0.251 e. The van der Waals surface area contributed by atoms with Gasteiger partial charge in [0.2, 0.25) is 0 Å². The Hall–Kier alpha value is -2.40. The van der Waals surface area contributed by atoms with Crippen LogP contribution >= 0.6 is 0 Å². The molecule has 4 nitrogen and oxygen atoms in total. The second-order valence-electron chi connectivity index (χ2n) is 3.89. The molecule has 0 saturated heterocycles. The maximum absolute atomic E-state index is 10.9. The topological polar surface area (TPSA) is 58.2 Å². The summed E-state index contributed by atoms with van der Waals surface area (Å²) in [6.07, 6.45) is 0. The average Bonchev–Trinajstić information content (AvgIpc) is 2.55. The lowest BCUT2D eigenvalue weighted by Crippen LogP contribution is -2.17. The molecule has 0 unspecified atom stereocenters. The van der Waals surface area contributed by atoms with Crippen molar-refractivity contribution in [2.75, 3.05) is 14.1 Å². The molecule has 2 amide bonds. The van der Waals surface area contributed by atoms with E-state index in [1.165, 1.54) is 0 Å².